The third kappa shape index (κ3) is 2.52. The number of piperidine rings is 1. The highest BCUT2D eigenvalue weighted by atomic mass is 16.5. The molecular weight excluding hydrogens is 250 g/mol. The van der Waals surface area contributed by atoms with Crippen LogP contribution in [-0.4, -0.2) is 37.7 Å². The van der Waals surface area contributed by atoms with Crippen molar-refractivity contribution in [2.45, 2.75) is 25.4 Å². The lowest BCUT2D eigenvalue weighted by atomic mass is 9.91. The summed E-state index contributed by atoms with van der Waals surface area (Å²) >= 11 is 0. The molecule has 106 valence electrons. The van der Waals surface area contributed by atoms with Gasteiger partial charge < -0.3 is 10.1 Å². The maximum absolute atomic E-state index is 9.18. The van der Waals surface area contributed by atoms with E-state index in [1.54, 1.807) is 7.11 Å². The summed E-state index contributed by atoms with van der Waals surface area (Å²) in [6.07, 6.45) is 2.63. The summed E-state index contributed by atoms with van der Waals surface area (Å²) in [6.45, 7) is 4.36. The van der Waals surface area contributed by atoms with Crippen LogP contribution >= 0.6 is 0 Å². The second kappa shape index (κ2) is 5.82. The van der Waals surface area contributed by atoms with Gasteiger partial charge in [0, 0.05) is 19.1 Å². The van der Waals surface area contributed by atoms with Gasteiger partial charge in [-0.1, -0.05) is 6.07 Å². The summed E-state index contributed by atoms with van der Waals surface area (Å²) in [5, 5.41) is 12.7. The van der Waals surface area contributed by atoms with E-state index in [1.807, 2.05) is 12.1 Å². The number of likely N-dealkylation sites (tertiary alicyclic amines) is 1. The molecule has 2 fully saturated rings. The largest absolute Gasteiger partial charge is 0.495 e. The van der Waals surface area contributed by atoms with Crippen molar-refractivity contribution in [2.75, 3.05) is 26.7 Å². The van der Waals surface area contributed by atoms with Crippen molar-refractivity contribution >= 4 is 0 Å². The zero-order valence-corrected chi connectivity index (χ0v) is 11.9. The molecule has 1 aromatic carbocycles. The molecule has 0 aromatic heterocycles. The number of fused-ring (bicyclic) bond motifs is 1. The van der Waals surface area contributed by atoms with Crippen molar-refractivity contribution in [3.8, 4) is 11.8 Å². The maximum Gasteiger partial charge on any atom is 0.136 e. The Balaban J connectivity index is 1.75. The monoisotopic (exact) mass is 271 g/mol. The van der Waals surface area contributed by atoms with Gasteiger partial charge in [-0.05, 0) is 49.5 Å². The molecule has 2 aliphatic heterocycles. The van der Waals surface area contributed by atoms with Crippen LogP contribution < -0.4 is 10.1 Å². The van der Waals surface area contributed by atoms with E-state index in [-0.39, 0.29) is 0 Å². The van der Waals surface area contributed by atoms with E-state index in [4.69, 9.17) is 4.74 Å². The van der Waals surface area contributed by atoms with E-state index in [1.165, 1.54) is 18.4 Å². The molecule has 2 unspecified atom stereocenters. The van der Waals surface area contributed by atoms with E-state index >= 15 is 0 Å². The van der Waals surface area contributed by atoms with Crippen LogP contribution in [0.5, 0.6) is 5.75 Å². The van der Waals surface area contributed by atoms with Crippen LogP contribution in [0.15, 0.2) is 18.2 Å². The van der Waals surface area contributed by atoms with Crippen molar-refractivity contribution < 1.29 is 4.74 Å². The van der Waals surface area contributed by atoms with Crippen LogP contribution in [0.3, 0.4) is 0 Å². The maximum atomic E-state index is 9.18. The summed E-state index contributed by atoms with van der Waals surface area (Å²) in [4.78, 5) is 2.57. The molecule has 0 aliphatic carbocycles. The Hall–Kier alpha value is -1.57. The number of nitrogens with zero attached hydrogens (tertiary/aromatic N) is 2. The first-order valence-corrected chi connectivity index (χ1v) is 7.33. The van der Waals surface area contributed by atoms with Gasteiger partial charge in [-0.15, -0.1) is 0 Å². The molecular formula is C16H21N3O. The van der Waals surface area contributed by atoms with E-state index in [0.717, 1.165) is 32.1 Å². The molecule has 4 heteroatoms. The lowest BCUT2D eigenvalue weighted by molar-refractivity contribution is 0.117. The fraction of sp³-hybridized carbons (Fsp3) is 0.562. The molecule has 4 nitrogen and oxygen atoms in total. The molecule has 0 radical (unpaired) electrons. The van der Waals surface area contributed by atoms with Crippen LogP contribution in [-0.2, 0) is 6.54 Å². The Kier molecular flexibility index (Phi) is 3.90. The third-order valence-corrected chi connectivity index (χ3v) is 4.56. The van der Waals surface area contributed by atoms with Gasteiger partial charge in [-0.3, -0.25) is 4.90 Å². The fourth-order valence-corrected chi connectivity index (χ4v) is 3.54. The molecule has 2 heterocycles. The highest BCUT2D eigenvalue weighted by Crippen LogP contribution is 2.28. The molecule has 2 aliphatic rings. The van der Waals surface area contributed by atoms with Gasteiger partial charge in [0.1, 0.15) is 11.8 Å². The van der Waals surface area contributed by atoms with Crippen molar-refractivity contribution in [1.29, 1.82) is 5.26 Å². The predicted octanol–water partition coefficient (Wildman–Crippen LogP) is 1.75. The lowest BCUT2D eigenvalue weighted by Crippen LogP contribution is -2.44. The number of benzene rings is 1. The van der Waals surface area contributed by atoms with Crippen molar-refractivity contribution in [3.05, 3.63) is 29.3 Å². The van der Waals surface area contributed by atoms with Gasteiger partial charge >= 0.3 is 0 Å². The minimum absolute atomic E-state index is 0.628. The Morgan fingerprint density at radius 3 is 3.15 bits per heavy atom. The Bertz CT molecular complexity index is 523. The molecule has 3 rings (SSSR count). The highest BCUT2D eigenvalue weighted by Gasteiger charge is 2.34. The lowest BCUT2D eigenvalue weighted by Gasteiger charge is -2.37. The number of ether oxygens (including phenoxy) is 1. The second-order valence-electron chi connectivity index (χ2n) is 5.74. The first kappa shape index (κ1) is 13.4. The van der Waals surface area contributed by atoms with E-state index in [2.05, 4.69) is 22.4 Å². The number of nitriles is 1. The minimum Gasteiger partial charge on any atom is -0.495 e. The van der Waals surface area contributed by atoms with Crippen LogP contribution in [0.4, 0.5) is 0 Å². The standard InChI is InChI=1S/C16H21N3O/c1-20-16-5-4-12(7-14(16)8-17)11-19-6-2-3-13-9-18-10-15(13)19/h4-5,7,13,15,18H,2-3,6,9-11H2,1H3. The molecule has 2 saturated heterocycles. The molecule has 0 bridgehead atoms. The van der Waals surface area contributed by atoms with Crippen LogP contribution in [0.2, 0.25) is 0 Å². The minimum atomic E-state index is 0.628. The van der Waals surface area contributed by atoms with Gasteiger partial charge in [0.15, 0.2) is 0 Å². The normalized spacial score (nSPS) is 26.0. The van der Waals surface area contributed by atoms with Gasteiger partial charge in [0.2, 0.25) is 0 Å². The van der Waals surface area contributed by atoms with Crippen molar-refractivity contribution in [2.24, 2.45) is 5.92 Å². The summed E-state index contributed by atoms with van der Waals surface area (Å²) in [5.74, 6) is 1.47. The predicted molar refractivity (Wildman–Crippen MR) is 77.5 cm³/mol. The van der Waals surface area contributed by atoms with Crippen molar-refractivity contribution in [3.63, 3.8) is 0 Å². The average Bonchev–Trinajstić information content (AvgIpc) is 2.96. The number of hydrogen-bond donors (Lipinski definition) is 1. The van der Waals surface area contributed by atoms with Gasteiger partial charge in [-0.25, -0.2) is 0 Å². The number of nitrogens with one attached hydrogen (secondary N) is 1. The van der Waals surface area contributed by atoms with E-state index in [9.17, 15) is 5.26 Å². The fourth-order valence-electron chi connectivity index (χ4n) is 3.54. The van der Waals surface area contributed by atoms with Crippen molar-refractivity contribution in [1.82, 2.24) is 10.2 Å². The first-order chi connectivity index (χ1) is 9.81. The highest BCUT2D eigenvalue weighted by molar-refractivity contribution is 5.45. The molecule has 0 saturated carbocycles. The van der Waals surface area contributed by atoms with Gasteiger partial charge in [0.25, 0.3) is 0 Å². The number of hydrogen-bond acceptors (Lipinski definition) is 4. The SMILES string of the molecule is COc1ccc(CN2CCCC3CNCC32)cc1C#N. The smallest absolute Gasteiger partial charge is 0.136 e. The Morgan fingerprint density at radius 1 is 1.45 bits per heavy atom. The summed E-state index contributed by atoms with van der Waals surface area (Å²) in [5.41, 5.74) is 1.83. The molecule has 1 aromatic rings. The van der Waals surface area contributed by atoms with Gasteiger partial charge in [0.05, 0.1) is 12.7 Å². The average molecular weight is 271 g/mol. The summed E-state index contributed by atoms with van der Waals surface area (Å²) in [6, 6.07) is 8.82. The summed E-state index contributed by atoms with van der Waals surface area (Å²) in [7, 11) is 1.61. The first-order valence-electron chi connectivity index (χ1n) is 7.33. The number of methoxy groups -OCH3 is 1. The van der Waals surface area contributed by atoms with E-state index in [0.29, 0.717) is 17.4 Å². The summed E-state index contributed by atoms with van der Waals surface area (Å²) < 4.78 is 5.20. The third-order valence-electron chi connectivity index (χ3n) is 4.56. The zero-order valence-electron chi connectivity index (χ0n) is 11.9. The topological polar surface area (TPSA) is 48.3 Å². The molecule has 20 heavy (non-hydrogen) atoms. The van der Waals surface area contributed by atoms with Crippen LogP contribution in [0, 0.1) is 17.2 Å². The molecule has 1 N–H and O–H groups in total. The van der Waals surface area contributed by atoms with Gasteiger partial charge in [-0.2, -0.15) is 5.26 Å². The molecule has 0 spiro atoms. The Labute approximate surface area is 120 Å². The number of rotatable bonds is 3. The van der Waals surface area contributed by atoms with Crippen LogP contribution in [0.1, 0.15) is 24.0 Å². The molecule has 2 atom stereocenters. The Morgan fingerprint density at radius 2 is 2.35 bits per heavy atom. The second-order valence-corrected chi connectivity index (χ2v) is 5.74. The van der Waals surface area contributed by atoms with Crippen LogP contribution in [0.25, 0.3) is 0 Å². The van der Waals surface area contributed by atoms with E-state index < -0.39 is 0 Å². The zero-order chi connectivity index (χ0) is 13.9. The molecule has 0 amide bonds. The quantitative estimate of drug-likeness (QED) is 0.910.